The van der Waals surface area contributed by atoms with Gasteiger partial charge >= 0.3 is 5.97 Å². The fourth-order valence-corrected chi connectivity index (χ4v) is 2.93. The number of hydrogen-bond acceptors (Lipinski definition) is 8. The molecular weight excluding hydrogens is 448 g/mol. The highest BCUT2D eigenvalue weighted by Gasteiger charge is 2.29. The first-order valence-corrected chi connectivity index (χ1v) is 10.4. The Hall–Kier alpha value is -3.97. The number of nitrogens with two attached hydrogens (primary N) is 1. The standard InChI is InChI=1S/C21H28N6O7/c1-11(21(33)34)25-19(31)16(7-13-8-23-10-24-13)26-20(32)17(9-28)27-18(30)15(22)6-12-2-4-14(29)5-3-12/h2-5,8,10-11,15-17,28-29H,6-7,9,22H2,1H3,(H,23,24)(H,25,31)(H,26,32)(H,27,30)(H,33,34). The van der Waals surface area contributed by atoms with E-state index in [1.165, 1.54) is 31.6 Å². The van der Waals surface area contributed by atoms with Gasteiger partial charge in [-0.2, -0.15) is 0 Å². The number of nitrogens with zero attached hydrogens (tertiary/aromatic N) is 1. The molecule has 9 N–H and O–H groups in total. The van der Waals surface area contributed by atoms with Crippen LogP contribution in [0.25, 0.3) is 0 Å². The number of benzene rings is 1. The molecule has 184 valence electrons. The lowest BCUT2D eigenvalue weighted by molar-refractivity contribution is -0.141. The van der Waals surface area contributed by atoms with Crippen LogP contribution in [-0.2, 0) is 32.0 Å². The van der Waals surface area contributed by atoms with Crippen LogP contribution in [0.1, 0.15) is 18.2 Å². The number of phenolic OH excluding ortho intramolecular Hbond substituents is 1. The van der Waals surface area contributed by atoms with Crippen LogP contribution >= 0.6 is 0 Å². The Labute approximate surface area is 194 Å². The Kier molecular flexibility index (Phi) is 9.52. The van der Waals surface area contributed by atoms with Crippen LogP contribution in [0.3, 0.4) is 0 Å². The summed E-state index contributed by atoms with van der Waals surface area (Å²) in [6.45, 7) is 0.495. The third-order valence-corrected chi connectivity index (χ3v) is 4.89. The highest BCUT2D eigenvalue weighted by Crippen LogP contribution is 2.11. The Morgan fingerprint density at radius 3 is 2.18 bits per heavy atom. The van der Waals surface area contributed by atoms with Crippen molar-refractivity contribution in [1.82, 2.24) is 25.9 Å². The van der Waals surface area contributed by atoms with Gasteiger partial charge in [-0.25, -0.2) is 4.98 Å². The first-order chi connectivity index (χ1) is 16.1. The fourth-order valence-electron chi connectivity index (χ4n) is 2.93. The number of nitrogens with one attached hydrogen (secondary N) is 4. The number of aromatic amines is 1. The van der Waals surface area contributed by atoms with E-state index in [-0.39, 0.29) is 18.6 Å². The number of carboxylic acids is 1. The summed E-state index contributed by atoms with van der Waals surface area (Å²) in [7, 11) is 0. The summed E-state index contributed by atoms with van der Waals surface area (Å²) in [5.41, 5.74) is 7.06. The van der Waals surface area contributed by atoms with Crippen molar-refractivity contribution in [1.29, 1.82) is 0 Å². The fraction of sp³-hybridized carbons (Fsp3) is 0.381. The van der Waals surface area contributed by atoms with Gasteiger partial charge in [0.2, 0.25) is 17.7 Å². The molecule has 0 aliphatic carbocycles. The number of aromatic nitrogens is 2. The van der Waals surface area contributed by atoms with Gasteiger partial charge in [0.05, 0.1) is 19.0 Å². The average molecular weight is 476 g/mol. The maximum Gasteiger partial charge on any atom is 0.325 e. The predicted octanol–water partition coefficient (Wildman–Crippen LogP) is -2.22. The number of H-pyrrole nitrogens is 1. The molecule has 0 radical (unpaired) electrons. The van der Waals surface area contributed by atoms with Crippen LogP contribution in [-0.4, -0.2) is 79.8 Å². The number of amides is 3. The SMILES string of the molecule is CC(NC(=O)C(Cc1cnc[nH]1)NC(=O)C(CO)NC(=O)C(N)Cc1ccc(O)cc1)C(=O)O. The lowest BCUT2D eigenvalue weighted by atomic mass is 10.1. The monoisotopic (exact) mass is 476 g/mol. The minimum absolute atomic E-state index is 0.0453. The molecule has 1 aromatic carbocycles. The average Bonchev–Trinajstić information content (AvgIpc) is 3.31. The van der Waals surface area contributed by atoms with Gasteiger partial charge in [-0.05, 0) is 31.0 Å². The first kappa shape index (κ1) is 26.3. The van der Waals surface area contributed by atoms with Crippen LogP contribution in [0.15, 0.2) is 36.8 Å². The second kappa shape index (κ2) is 12.3. The molecule has 0 bridgehead atoms. The molecule has 13 nitrogen and oxygen atoms in total. The summed E-state index contributed by atoms with van der Waals surface area (Å²) in [5.74, 6) is -3.55. The van der Waals surface area contributed by atoms with Crippen LogP contribution in [0, 0.1) is 0 Å². The van der Waals surface area contributed by atoms with Crippen molar-refractivity contribution < 1.29 is 34.5 Å². The molecule has 4 unspecified atom stereocenters. The van der Waals surface area contributed by atoms with Crippen LogP contribution < -0.4 is 21.7 Å². The van der Waals surface area contributed by atoms with E-state index in [1.54, 1.807) is 12.1 Å². The largest absolute Gasteiger partial charge is 0.508 e. The number of aromatic hydroxyl groups is 1. The second-order valence-electron chi connectivity index (χ2n) is 7.63. The van der Waals surface area contributed by atoms with Crippen molar-refractivity contribution in [2.75, 3.05) is 6.61 Å². The van der Waals surface area contributed by atoms with Crippen LogP contribution in [0.2, 0.25) is 0 Å². The number of rotatable bonds is 12. The minimum Gasteiger partial charge on any atom is -0.508 e. The molecule has 2 rings (SSSR count). The summed E-state index contributed by atoms with van der Waals surface area (Å²) < 4.78 is 0. The zero-order valence-corrected chi connectivity index (χ0v) is 18.4. The van der Waals surface area contributed by atoms with E-state index in [2.05, 4.69) is 25.9 Å². The van der Waals surface area contributed by atoms with Gasteiger partial charge in [-0.15, -0.1) is 0 Å². The van der Waals surface area contributed by atoms with E-state index in [1.807, 2.05) is 0 Å². The molecule has 0 saturated carbocycles. The number of aliphatic hydroxyl groups is 1. The highest BCUT2D eigenvalue weighted by atomic mass is 16.4. The molecule has 3 amide bonds. The molecule has 1 aromatic heterocycles. The molecule has 34 heavy (non-hydrogen) atoms. The Balaban J connectivity index is 2.03. The highest BCUT2D eigenvalue weighted by molar-refractivity contribution is 5.94. The number of carbonyl (C=O) groups is 4. The molecule has 0 saturated heterocycles. The summed E-state index contributed by atoms with van der Waals surface area (Å²) >= 11 is 0. The van der Waals surface area contributed by atoms with Crippen molar-refractivity contribution in [3.05, 3.63) is 48.0 Å². The second-order valence-corrected chi connectivity index (χ2v) is 7.63. The zero-order valence-electron chi connectivity index (χ0n) is 18.4. The number of hydrogen-bond donors (Lipinski definition) is 8. The van der Waals surface area contributed by atoms with Crippen molar-refractivity contribution in [2.45, 2.75) is 43.9 Å². The van der Waals surface area contributed by atoms with Crippen LogP contribution in [0.4, 0.5) is 0 Å². The lowest BCUT2D eigenvalue weighted by Gasteiger charge is -2.23. The molecule has 2 aromatic rings. The summed E-state index contributed by atoms with van der Waals surface area (Å²) in [4.78, 5) is 55.4. The number of aliphatic carboxylic acids is 1. The molecular formula is C21H28N6O7. The van der Waals surface area contributed by atoms with E-state index in [0.29, 0.717) is 11.3 Å². The Morgan fingerprint density at radius 1 is 1.00 bits per heavy atom. The zero-order chi connectivity index (χ0) is 25.3. The summed E-state index contributed by atoms with van der Waals surface area (Å²) in [6.07, 6.45) is 2.87. The van der Waals surface area contributed by atoms with Gasteiger partial charge < -0.3 is 42.0 Å². The van der Waals surface area contributed by atoms with Gasteiger partial charge in [0.25, 0.3) is 0 Å². The van der Waals surface area contributed by atoms with Crippen LogP contribution in [0.5, 0.6) is 5.75 Å². The van der Waals surface area contributed by atoms with Gasteiger partial charge in [0.1, 0.15) is 23.9 Å². The Bertz CT molecular complexity index is 980. The topological polar surface area (TPSA) is 220 Å². The van der Waals surface area contributed by atoms with Crippen molar-refractivity contribution >= 4 is 23.7 Å². The smallest absolute Gasteiger partial charge is 0.325 e. The maximum atomic E-state index is 12.7. The molecule has 4 atom stereocenters. The number of imidazole rings is 1. The van der Waals surface area contributed by atoms with Crippen molar-refractivity contribution in [3.8, 4) is 5.75 Å². The predicted molar refractivity (Wildman–Crippen MR) is 118 cm³/mol. The quantitative estimate of drug-likeness (QED) is 0.166. The summed E-state index contributed by atoms with van der Waals surface area (Å²) in [6, 6.07) is 1.19. The van der Waals surface area contributed by atoms with E-state index in [4.69, 9.17) is 10.8 Å². The molecule has 1 heterocycles. The van der Waals surface area contributed by atoms with E-state index in [9.17, 15) is 29.4 Å². The third-order valence-electron chi connectivity index (χ3n) is 4.89. The van der Waals surface area contributed by atoms with E-state index >= 15 is 0 Å². The first-order valence-electron chi connectivity index (χ1n) is 10.4. The Morgan fingerprint density at radius 2 is 1.62 bits per heavy atom. The molecule has 0 spiro atoms. The molecule has 13 heteroatoms. The normalized spacial score (nSPS) is 14.3. The van der Waals surface area contributed by atoms with E-state index < -0.39 is 54.5 Å². The number of aliphatic hydroxyl groups excluding tert-OH is 1. The third kappa shape index (κ3) is 7.86. The van der Waals surface area contributed by atoms with Crippen molar-refractivity contribution in [3.63, 3.8) is 0 Å². The maximum absolute atomic E-state index is 12.7. The summed E-state index contributed by atoms with van der Waals surface area (Å²) in [5, 5.41) is 35.0. The van der Waals surface area contributed by atoms with Gasteiger partial charge in [0.15, 0.2) is 0 Å². The van der Waals surface area contributed by atoms with Gasteiger partial charge in [-0.1, -0.05) is 12.1 Å². The lowest BCUT2D eigenvalue weighted by Crippen LogP contribution is -2.58. The van der Waals surface area contributed by atoms with Gasteiger partial charge in [0, 0.05) is 18.3 Å². The number of carboxylic acid groups (broad SMARTS) is 1. The number of carbonyl (C=O) groups excluding carboxylic acids is 3. The van der Waals surface area contributed by atoms with Crippen molar-refractivity contribution in [2.24, 2.45) is 5.73 Å². The van der Waals surface area contributed by atoms with Gasteiger partial charge in [-0.3, -0.25) is 19.2 Å². The van der Waals surface area contributed by atoms with E-state index in [0.717, 1.165) is 0 Å². The molecule has 0 aliphatic rings. The molecule has 0 fully saturated rings. The number of phenols is 1. The minimum atomic E-state index is -1.41. The molecule has 0 aliphatic heterocycles.